The fourth-order valence-corrected chi connectivity index (χ4v) is 4.26. The molecule has 0 aliphatic rings. The quantitative estimate of drug-likeness (QED) is 0.257. The van der Waals surface area contributed by atoms with E-state index in [1.807, 2.05) is 48.5 Å². The lowest BCUT2D eigenvalue weighted by Crippen LogP contribution is -2.17. The lowest BCUT2D eigenvalue weighted by atomic mass is 10.1. The molecule has 1 aromatic heterocycles. The van der Waals surface area contributed by atoms with Crippen LogP contribution in [0.1, 0.15) is 12.0 Å². The number of aromatic nitrogens is 2. The summed E-state index contributed by atoms with van der Waals surface area (Å²) in [6, 6.07) is 15.5. The summed E-state index contributed by atoms with van der Waals surface area (Å²) in [5.41, 5.74) is 1.17. The molecule has 3 aromatic rings. The fraction of sp³-hybridized carbons (Fsp3) is 0.250. The maximum Gasteiger partial charge on any atom is 0.302 e. The van der Waals surface area contributed by atoms with Gasteiger partial charge < -0.3 is 9.30 Å². The second-order valence-corrected chi connectivity index (χ2v) is 8.01. The van der Waals surface area contributed by atoms with Gasteiger partial charge in [0.05, 0.1) is 7.11 Å². The number of halogens is 1. The van der Waals surface area contributed by atoms with Crippen molar-refractivity contribution in [3.05, 3.63) is 81.6 Å². The van der Waals surface area contributed by atoms with Crippen LogP contribution in [0.4, 0.5) is 0 Å². The number of methoxy groups -OCH3 is 1. The molecular weight excluding hydrogens is 414 g/mol. The molecule has 0 aliphatic carbocycles. The van der Waals surface area contributed by atoms with Crippen molar-refractivity contribution in [3.63, 3.8) is 0 Å². The third kappa shape index (κ3) is 6.13. The maximum atomic E-state index is 10.7. The van der Waals surface area contributed by atoms with Crippen molar-refractivity contribution in [3.8, 4) is 11.8 Å². The summed E-state index contributed by atoms with van der Waals surface area (Å²) in [5.74, 6) is 0.793. The van der Waals surface area contributed by atoms with Crippen LogP contribution in [0.5, 0.6) is 11.8 Å². The number of hydrogen-bond acceptors (Lipinski definition) is 6. The average molecular weight is 434 g/mol. The molecular formula is C20H20ClN3O4S. The Bertz CT molecular complexity index is 949. The Morgan fingerprint density at radius 1 is 1.24 bits per heavy atom. The Hall–Kier alpha value is -2.71. The highest BCUT2D eigenvalue weighted by Crippen LogP contribution is 2.35. The lowest BCUT2D eigenvalue weighted by molar-refractivity contribution is -0.713. The Kier molecular flexibility index (Phi) is 7.37. The number of imidazole rings is 1. The van der Waals surface area contributed by atoms with Crippen LogP contribution in [-0.2, 0) is 13.0 Å². The topological polar surface area (TPSA) is 79.4 Å². The zero-order chi connectivity index (χ0) is 20.6. The van der Waals surface area contributed by atoms with Crippen LogP contribution in [0.15, 0.2) is 65.8 Å². The van der Waals surface area contributed by atoms with Crippen molar-refractivity contribution in [2.45, 2.75) is 29.5 Å². The van der Waals surface area contributed by atoms with E-state index in [2.05, 4.69) is 9.82 Å². The second kappa shape index (κ2) is 10.2. The summed E-state index contributed by atoms with van der Waals surface area (Å²) in [5, 5.41) is 10.7. The largest absolute Gasteiger partial charge is 0.496 e. The predicted octanol–water partition coefficient (Wildman–Crippen LogP) is 4.91. The van der Waals surface area contributed by atoms with Crippen LogP contribution in [0.2, 0.25) is 5.02 Å². The van der Waals surface area contributed by atoms with Gasteiger partial charge in [-0.3, -0.25) is 0 Å². The number of aryl methyl sites for hydroxylation is 1. The molecule has 1 unspecified atom stereocenters. The highest BCUT2D eigenvalue weighted by molar-refractivity contribution is 8.00. The molecule has 0 saturated heterocycles. The number of benzene rings is 2. The van der Waals surface area contributed by atoms with Crippen molar-refractivity contribution in [2.24, 2.45) is 0 Å². The molecule has 152 valence electrons. The van der Waals surface area contributed by atoms with Crippen LogP contribution in [0.25, 0.3) is 0 Å². The number of rotatable bonds is 10. The number of ether oxygens (including phenoxy) is 1. The van der Waals surface area contributed by atoms with E-state index in [4.69, 9.17) is 16.3 Å². The van der Waals surface area contributed by atoms with Crippen molar-refractivity contribution < 1.29 is 14.7 Å². The van der Waals surface area contributed by atoms with Gasteiger partial charge in [-0.15, -0.1) is 21.9 Å². The summed E-state index contributed by atoms with van der Waals surface area (Å²) in [6.07, 6.45) is 4.84. The summed E-state index contributed by atoms with van der Waals surface area (Å²) in [7, 11) is 1.64. The fourth-order valence-electron chi connectivity index (χ4n) is 2.88. The van der Waals surface area contributed by atoms with Gasteiger partial charge in [0.25, 0.3) is 6.01 Å². The van der Waals surface area contributed by atoms with E-state index in [1.165, 1.54) is 11.8 Å². The highest BCUT2D eigenvalue weighted by atomic mass is 35.5. The molecule has 0 aliphatic heterocycles. The lowest BCUT2D eigenvalue weighted by Gasteiger charge is -2.19. The molecule has 3 rings (SSSR count). The third-order valence-corrected chi connectivity index (χ3v) is 5.83. The Morgan fingerprint density at radius 2 is 2.00 bits per heavy atom. The summed E-state index contributed by atoms with van der Waals surface area (Å²) in [4.78, 5) is 20.2. The molecule has 0 spiro atoms. The SMILES string of the molecule is COc1ccccc1SC(CCc1ccc(Cl)cc1)Cn1ccnc1O[N+](=O)[O-]. The monoisotopic (exact) mass is 433 g/mol. The van der Waals surface area contributed by atoms with Gasteiger partial charge in [0, 0.05) is 34.1 Å². The Labute approximate surface area is 177 Å². The molecule has 1 heterocycles. The summed E-state index contributed by atoms with van der Waals surface area (Å²) >= 11 is 7.63. The zero-order valence-electron chi connectivity index (χ0n) is 15.7. The Morgan fingerprint density at radius 3 is 2.72 bits per heavy atom. The molecule has 0 N–H and O–H groups in total. The van der Waals surface area contributed by atoms with Gasteiger partial charge in [0.1, 0.15) is 5.75 Å². The molecule has 2 aromatic carbocycles. The zero-order valence-corrected chi connectivity index (χ0v) is 17.3. The average Bonchev–Trinajstić information content (AvgIpc) is 3.13. The van der Waals surface area contributed by atoms with Crippen LogP contribution >= 0.6 is 23.4 Å². The van der Waals surface area contributed by atoms with Crippen LogP contribution < -0.4 is 9.57 Å². The smallest absolute Gasteiger partial charge is 0.302 e. The minimum absolute atomic E-state index is 0.0351. The van der Waals surface area contributed by atoms with Gasteiger partial charge >= 0.3 is 5.09 Å². The van der Waals surface area contributed by atoms with E-state index in [9.17, 15) is 10.1 Å². The van der Waals surface area contributed by atoms with Crippen LogP contribution in [-0.4, -0.2) is 27.0 Å². The molecule has 0 bridgehead atoms. The maximum absolute atomic E-state index is 10.7. The first-order valence-electron chi connectivity index (χ1n) is 8.92. The molecule has 9 heteroatoms. The minimum atomic E-state index is -0.852. The van der Waals surface area contributed by atoms with E-state index in [1.54, 1.807) is 29.6 Å². The van der Waals surface area contributed by atoms with E-state index in [-0.39, 0.29) is 11.3 Å². The predicted molar refractivity (Wildman–Crippen MR) is 112 cm³/mol. The van der Waals surface area contributed by atoms with Crippen molar-refractivity contribution >= 4 is 23.4 Å². The van der Waals surface area contributed by atoms with Crippen LogP contribution in [0.3, 0.4) is 0 Å². The molecule has 1 atom stereocenters. The molecule has 0 amide bonds. The van der Waals surface area contributed by atoms with Gasteiger partial charge in [0.2, 0.25) is 0 Å². The van der Waals surface area contributed by atoms with E-state index in [0.717, 1.165) is 23.5 Å². The van der Waals surface area contributed by atoms with Gasteiger partial charge in [-0.25, -0.2) is 9.82 Å². The van der Waals surface area contributed by atoms with E-state index < -0.39 is 5.09 Å². The van der Waals surface area contributed by atoms with Gasteiger partial charge in [-0.2, -0.15) is 0 Å². The first-order valence-corrected chi connectivity index (χ1v) is 10.2. The normalized spacial score (nSPS) is 11.8. The van der Waals surface area contributed by atoms with Crippen molar-refractivity contribution in [1.29, 1.82) is 0 Å². The number of thioether (sulfide) groups is 1. The standard InChI is InChI=1S/C20H20ClN3O4S/c1-27-18-4-2-3-5-19(18)29-17(11-8-15-6-9-16(21)10-7-15)14-23-13-12-22-20(23)28-24(25)26/h2-7,9-10,12-13,17H,8,11,14H2,1H3. The first-order chi connectivity index (χ1) is 14.0. The molecule has 7 nitrogen and oxygen atoms in total. The highest BCUT2D eigenvalue weighted by Gasteiger charge is 2.17. The van der Waals surface area contributed by atoms with Gasteiger partial charge in [-0.05, 0) is 42.7 Å². The second-order valence-electron chi connectivity index (χ2n) is 6.23. The summed E-state index contributed by atoms with van der Waals surface area (Å²) in [6.45, 7) is 0.499. The number of para-hydroxylation sites is 1. The third-order valence-electron chi connectivity index (χ3n) is 4.26. The minimum Gasteiger partial charge on any atom is -0.496 e. The number of hydrogen-bond donors (Lipinski definition) is 0. The molecule has 29 heavy (non-hydrogen) atoms. The Balaban J connectivity index is 1.77. The van der Waals surface area contributed by atoms with Gasteiger partial charge in [-0.1, -0.05) is 35.9 Å². The molecule has 0 saturated carbocycles. The van der Waals surface area contributed by atoms with E-state index >= 15 is 0 Å². The molecule has 0 radical (unpaired) electrons. The van der Waals surface area contributed by atoms with Crippen molar-refractivity contribution in [2.75, 3.05) is 7.11 Å². The van der Waals surface area contributed by atoms with E-state index in [0.29, 0.717) is 11.6 Å². The summed E-state index contributed by atoms with van der Waals surface area (Å²) < 4.78 is 7.12. The van der Waals surface area contributed by atoms with Gasteiger partial charge in [0.15, 0.2) is 0 Å². The van der Waals surface area contributed by atoms with Crippen molar-refractivity contribution in [1.82, 2.24) is 9.55 Å². The number of nitrogens with zero attached hydrogens (tertiary/aromatic N) is 3. The first kappa shape index (κ1) is 21.0. The molecule has 0 fully saturated rings. The van der Waals surface area contributed by atoms with Crippen LogP contribution in [0, 0.1) is 10.1 Å².